The van der Waals surface area contributed by atoms with E-state index in [1.54, 1.807) is 0 Å². The maximum absolute atomic E-state index is 10.3. The minimum Gasteiger partial charge on any atom is -0.481 e. The number of imidazole rings is 1. The largest absolute Gasteiger partial charge is 0.481 e. The van der Waals surface area contributed by atoms with Crippen LogP contribution in [0.1, 0.15) is 6.42 Å². The van der Waals surface area contributed by atoms with Crippen LogP contribution in [0.3, 0.4) is 0 Å². The number of carboxylic acids is 1. The number of benzene rings is 1. The van der Waals surface area contributed by atoms with E-state index in [0.29, 0.717) is 12.5 Å². The van der Waals surface area contributed by atoms with Crippen molar-refractivity contribution in [3.63, 3.8) is 0 Å². The number of anilines is 1. The second-order valence-corrected chi connectivity index (χ2v) is 4.23. The molecule has 0 atom stereocenters. The summed E-state index contributed by atoms with van der Waals surface area (Å²) in [5, 5.41) is 11.4. The van der Waals surface area contributed by atoms with E-state index < -0.39 is 5.97 Å². The summed E-state index contributed by atoms with van der Waals surface area (Å²) in [4.78, 5) is 17.7. The number of aromatic amines is 1. The second-order valence-electron chi connectivity index (χ2n) is 3.32. The number of halogens is 1. The molecule has 0 radical (unpaired) electrons. The van der Waals surface area contributed by atoms with Gasteiger partial charge in [0.25, 0.3) is 0 Å². The van der Waals surface area contributed by atoms with Crippen molar-refractivity contribution in [1.29, 1.82) is 0 Å². The van der Waals surface area contributed by atoms with Gasteiger partial charge in [-0.15, -0.1) is 0 Å². The summed E-state index contributed by atoms with van der Waals surface area (Å²) < 4.78 is 0.973. The average Bonchev–Trinajstić information content (AvgIpc) is 2.58. The molecule has 0 fully saturated rings. The van der Waals surface area contributed by atoms with Crippen LogP contribution in [-0.4, -0.2) is 27.6 Å². The zero-order chi connectivity index (χ0) is 11.5. The van der Waals surface area contributed by atoms with Gasteiger partial charge in [-0.2, -0.15) is 0 Å². The first-order valence-corrected chi connectivity index (χ1v) is 5.55. The Hall–Kier alpha value is -1.56. The summed E-state index contributed by atoms with van der Waals surface area (Å²) in [6.45, 7) is 0.357. The molecular weight excluding hydrogens is 274 g/mol. The number of aliphatic carboxylic acids is 1. The molecule has 1 aromatic carbocycles. The normalized spacial score (nSPS) is 10.6. The number of H-pyrrole nitrogens is 1. The molecule has 1 heterocycles. The Kier molecular flexibility index (Phi) is 3.09. The van der Waals surface area contributed by atoms with Crippen molar-refractivity contribution in [2.24, 2.45) is 0 Å². The van der Waals surface area contributed by atoms with Crippen LogP contribution in [0.25, 0.3) is 11.0 Å². The van der Waals surface area contributed by atoms with E-state index in [2.05, 4.69) is 31.2 Å². The minimum atomic E-state index is -0.827. The summed E-state index contributed by atoms with van der Waals surface area (Å²) in [6, 6.07) is 5.72. The van der Waals surface area contributed by atoms with Crippen molar-refractivity contribution in [1.82, 2.24) is 9.97 Å². The number of fused-ring (bicyclic) bond motifs is 1. The molecule has 16 heavy (non-hydrogen) atoms. The molecule has 5 nitrogen and oxygen atoms in total. The monoisotopic (exact) mass is 283 g/mol. The molecule has 0 bridgehead atoms. The highest BCUT2D eigenvalue weighted by atomic mass is 79.9. The van der Waals surface area contributed by atoms with Crippen LogP contribution in [0, 0.1) is 0 Å². The van der Waals surface area contributed by atoms with Gasteiger partial charge in [-0.25, -0.2) is 4.98 Å². The van der Waals surface area contributed by atoms with Crippen molar-refractivity contribution in [3.8, 4) is 0 Å². The van der Waals surface area contributed by atoms with Gasteiger partial charge in [0, 0.05) is 11.0 Å². The van der Waals surface area contributed by atoms with Crippen molar-refractivity contribution < 1.29 is 9.90 Å². The fourth-order valence-corrected chi connectivity index (χ4v) is 1.71. The molecule has 0 saturated carbocycles. The average molecular weight is 284 g/mol. The van der Waals surface area contributed by atoms with Gasteiger partial charge in [0.05, 0.1) is 17.5 Å². The Morgan fingerprint density at radius 1 is 1.56 bits per heavy atom. The first-order chi connectivity index (χ1) is 7.65. The summed E-state index contributed by atoms with van der Waals surface area (Å²) in [6.07, 6.45) is 0.0702. The highest BCUT2D eigenvalue weighted by Crippen LogP contribution is 2.19. The molecule has 0 spiro atoms. The predicted octanol–water partition coefficient (Wildman–Crippen LogP) is 2.21. The van der Waals surface area contributed by atoms with Crippen LogP contribution in [-0.2, 0) is 4.79 Å². The lowest BCUT2D eigenvalue weighted by Crippen LogP contribution is -2.08. The van der Waals surface area contributed by atoms with Crippen LogP contribution >= 0.6 is 15.9 Å². The molecule has 0 aliphatic heterocycles. The summed E-state index contributed by atoms with van der Waals surface area (Å²) in [5.41, 5.74) is 1.76. The van der Waals surface area contributed by atoms with E-state index in [0.717, 1.165) is 15.5 Å². The summed E-state index contributed by atoms with van der Waals surface area (Å²) in [7, 11) is 0. The van der Waals surface area contributed by atoms with Crippen LogP contribution < -0.4 is 5.32 Å². The van der Waals surface area contributed by atoms with Gasteiger partial charge in [-0.3, -0.25) is 4.79 Å². The highest BCUT2D eigenvalue weighted by Gasteiger charge is 2.03. The maximum Gasteiger partial charge on any atom is 0.305 e. The molecule has 0 aliphatic carbocycles. The molecular formula is C10H10BrN3O2. The molecule has 3 N–H and O–H groups in total. The van der Waals surface area contributed by atoms with Crippen molar-refractivity contribution in [2.75, 3.05) is 11.9 Å². The number of hydrogen-bond acceptors (Lipinski definition) is 3. The Morgan fingerprint density at radius 3 is 3.12 bits per heavy atom. The van der Waals surface area contributed by atoms with Crippen LogP contribution in [0.5, 0.6) is 0 Å². The Morgan fingerprint density at radius 2 is 2.38 bits per heavy atom. The van der Waals surface area contributed by atoms with E-state index in [-0.39, 0.29) is 6.42 Å². The van der Waals surface area contributed by atoms with Crippen molar-refractivity contribution in [2.45, 2.75) is 6.42 Å². The lowest BCUT2D eigenvalue weighted by Gasteiger charge is -1.97. The minimum absolute atomic E-state index is 0.0702. The Labute approximate surface area is 100 Å². The maximum atomic E-state index is 10.3. The van der Waals surface area contributed by atoms with Crippen LogP contribution in [0.15, 0.2) is 22.7 Å². The van der Waals surface area contributed by atoms with Crippen LogP contribution in [0.4, 0.5) is 5.95 Å². The molecule has 2 rings (SSSR count). The first-order valence-electron chi connectivity index (χ1n) is 4.76. The SMILES string of the molecule is O=C(O)CCNc1nc2ccc(Br)cc2[nH]1. The third-order valence-corrected chi connectivity index (χ3v) is 2.57. The predicted molar refractivity (Wildman–Crippen MR) is 64.5 cm³/mol. The lowest BCUT2D eigenvalue weighted by molar-refractivity contribution is -0.136. The molecule has 2 aromatic rings. The fraction of sp³-hybridized carbons (Fsp3) is 0.200. The molecule has 84 valence electrons. The number of aromatic nitrogens is 2. The summed E-state index contributed by atoms with van der Waals surface area (Å²) >= 11 is 3.37. The molecule has 0 saturated heterocycles. The third kappa shape index (κ3) is 2.52. The number of rotatable bonds is 4. The van der Waals surface area contributed by atoms with Gasteiger partial charge in [-0.1, -0.05) is 15.9 Å². The van der Waals surface area contributed by atoms with Crippen LogP contribution in [0.2, 0.25) is 0 Å². The van der Waals surface area contributed by atoms with Gasteiger partial charge in [0.1, 0.15) is 0 Å². The smallest absolute Gasteiger partial charge is 0.305 e. The van der Waals surface area contributed by atoms with E-state index in [1.807, 2.05) is 18.2 Å². The number of nitrogens with zero attached hydrogens (tertiary/aromatic N) is 1. The van der Waals surface area contributed by atoms with Gasteiger partial charge in [0.2, 0.25) is 5.95 Å². The molecule has 0 amide bonds. The van der Waals surface area contributed by atoms with E-state index in [4.69, 9.17) is 5.11 Å². The molecule has 1 aromatic heterocycles. The number of carbonyl (C=O) groups is 1. The standard InChI is InChI=1S/C10H10BrN3O2/c11-6-1-2-7-8(5-6)14-10(13-7)12-4-3-9(15)16/h1-2,5H,3-4H2,(H,15,16)(H2,12,13,14). The number of nitrogens with one attached hydrogen (secondary N) is 2. The fourth-order valence-electron chi connectivity index (χ4n) is 1.35. The lowest BCUT2D eigenvalue weighted by atomic mass is 10.3. The van der Waals surface area contributed by atoms with Crippen molar-refractivity contribution in [3.05, 3.63) is 22.7 Å². The third-order valence-electron chi connectivity index (χ3n) is 2.08. The number of carboxylic acid groups (broad SMARTS) is 1. The quantitative estimate of drug-likeness (QED) is 0.804. The van der Waals surface area contributed by atoms with Gasteiger partial charge in [0.15, 0.2) is 0 Å². The number of hydrogen-bond donors (Lipinski definition) is 3. The zero-order valence-electron chi connectivity index (χ0n) is 8.33. The Bertz CT molecular complexity index is 524. The van der Waals surface area contributed by atoms with Gasteiger partial charge >= 0.3 is 5.97 Å². The van der Waals surface area contributed by atoms with E-state index in [9.17, 15) is 4.79 Å². The molecule has 6 heteroatoms. The molecule has 0 aliphatic rings. The van der Waals surface area contributed by atoms with Gasteiger partial charge in [-0.05, 0) is 18.2 Å². The van der Waals surface area contributed by atoms with Gasteiger partial charge < -0.3 is 15.4 Å². The van der Waals surface area contributed by atoms with E-state index >= 15 is 0 Å². The zero-order valence-corrected chi connectivity index (χ0v) is 9.91. The first kappa shape index (κ1) is 10.9. The Balaban J connectivity index is 2.10. The topological polar surface area (TPSA) is 78.0 Å². The highest BCUT2D eigenvalue weighted by molar-refractivity contribution is 9.10. The summed E-state index contributed by atoms with van der Waals surface area (Å²) in [5.74, 6) is -0.235. The van der Waals surface area contributed by atoms with E-state index in [1.165, 1.54) is 0 Å². The van der Waals surface area contributed by atoms with Crippen molar-refractivity contribution >= 4 is 38.9 Å². The second kappa shape index (κ2) is 4.52. The molecule has 0 unspecified atom stereocenters.